The molecule has 0 aliphatic heterocycles. The highest BCUT2D eigenvalue weighted by Crippen LogP contribution is 2.11. The number of amides is 1. The first kappa shape index (κ1) is 26.0. The maximum Gasteiger partial charge on any atom is 0.252 e. The van der Waals surface area contributed by atoms with Crippen molar-refractivity contribution in [1.29, 1.82) is 0 Å². The van der Waals surface area contributed by atoms with Gasteiger partial charge in [0, 0.05) is 46.2 Å². The molecule has 0 saturated heterocycles. The van der Waals surface area contributed by atoms with Crippen molar-refractivity contribution in [1.82, 2.24) is 14.5 Å². The predicted octanol–water partition coefficient (Wildman–Crippen LogP) is 3.82. The second kappa shape index (κ2) is 17.1. The Morgan fingerprint density at radius 3 is 2.75 bits per heavy atom. The Bertz CT molecular complexity index is 547. The fourth-order valence-corrected chi connectivity index (χ4v) is 2.58. The average Bonchev–Trinajstić information content (AvgIpc) is 2.67. The van der Waals surface area contributed by atoms with Crippen molar-refractivity contribution >= 4 is 24.6 Å². The molecule has 0 heterocycles. The van der Waals surface area contributed by atoms with E-state index in [0.29, 0.717) is 37.8 Å². The lowest BCUT2D eigenvalue weighted by Crippen LogP contribution is -2.34. The number of hydrogen-bond donors (Lipinski definition) is 1. The van der Waals surface area contributed by atoms with E-state index < -0.39 is 0 Å². The van der Waals surface area contributed by atoms with Crippen LogP contribution in [0, 0.1) is 5.92 Å². The summed E-state index contributed by atoms with van der Waals surface area (Å²) in [4.78, 5) is 18.2. The minimum absolute atomic E-state index is 0.0223. The lowest BCUT2D eigenvalue weighted by molar-refractivity contribution is -0.126. The molecule has 0 saturated carbocycles. The highest BCUT2D eigenvalue weighted by molar-refractivity contribution is 7.99. The molecule has 1 N–H and O–H groups in total. The molecule has 158 valence electrons. The first-order valence-electron chi connectivity index (χ1n) is 9.51. The van der Waals surface area contributed by atoms with Crippen molar-refractivity contribution in [2.45, 2.75) is 26.7 Å². The smallest absolute Gasteiger partial charge is 0.252 e. The van der Waals surface area contributed by atoms with Gasteiger partial charge in [-0.1, -0.05) is 32.6 Å². The highest BCUT2D eigenvalue weighted by Gasteiger charge is 2.15. The number of hydrogen-bond acceptors (Lipinski definition) is 6. The monoisotopic (exact) mass is 408 g/mol. The van der Waals surface area contributed by atoms with E-state index in [1.54, 1.807) is 23.6 Å². The van der Waals surface area contributed by atoms with Crippen molar-refractivity contribution in [3.63, 3.8) is 0 Å². The van der Waals surface area contributed by atoms with Crippen LogP contribution in [0.5, 0.6) is 0 Å². The largest absolute Gasteiger partial charge is 0.387 e. The van der Waals surface area contributed by atoms with Crippen LogP contribution in [0.15, 0.2) is 53.3 Å². The molecular formula is C21H36N4O2S. The summed E-state index contributed by atoms with van der Waals surface area (Å²) in [6.07, 6.45) is 11.3. The molecule has 1 atom stereocenters. The molecule has 0 fully saturated rings. The van der Waals surface area contributed by atoms with Crippen LogP contribution in [0.25, 0.3) is 0 Å². The number of carbonyl (C=O) groups excluding carboxylic acids is 1. The van der Waals surface area contributed by atoms with Crippen LogP contribution in [0.3, 0.4) is 0 Å². The third-order valence-electron chi connectivity index (χ3n) is 3.68. The average molecular weight is 409 g/mol. The van der Waals surface area contributed by atoms with Crippen LogP contribution >= 0.6 is 11.9 Å². The zero-order valence-corrected chi connectivity index (χ0v) is 18.6. The van der Waals surface area contributed by atoms with Gasteiger partial charge in [-0.25, -0.2) is 0 Å². The van der Waals surface area contributed by atoms with E-state index in [-0.39, 0.29) is 5.91 Å². The van der Waals surface area contributed by atoms with E-state index in [1.165, 1.54) is 11.9 Å². The summed E-state index contributed by atoms with van der Waals surface area (Å²) in [6, 6.07) is 0. The maximum absolute atomic E-state index is 12.8. The second-order valence-electron chi connectivity index (χ2n) is 6.33. The molecule has 1 amide bonds. The van der Waals surface area contributed by atoms with Gasteiger partial charge in [0.15, 0.2) is 0 Å². The van der Waals surface area contributed by atoms with Gasteiger partial charge in [0.25, 0.3) is 5.91 Å². The Morgan fingerprint density at radius 2 is 2.11 bits per heavy atom. The van der Waals surface area contributed by atoms with Gasteiger partial charge in [-0.2, -0.15) is 0 Å². The van der Waals surface area contributed by atoms with Crippen LogP contribution in [-0.4, -0.2) is 62.2 Å². The normalized spacial score (nSPS) is 12.9. The zero-order chi connectivity index (χ0) is 21.2. The van der Waals surface area contributed by atoms with Crippen LogP contribution < -0.4 is 5.32 Å². The summed E-state index contributed by atoms with van der Waals surface area (Å²) in [7, 11) is 3.69. The number of ether oxygens (including phenoxy) is 1. The fraction of sp³-hybridized carbons (Fsp3) is 0.524. The van der Waals surface area contributed by atoms with Gasteiger partial charge in [0.05, 0.1) is 12.2 Å². The Hall–Kier alpha value is -1.99. The Labute approximate surface area is 175 Å². The van der Waals surface area contributed by atoms with Gasteiger partial charge in [0.1, 0.15) is 0 Å². The summed E-state index contributed by atoms with van der Waals surface area (Å²) in [5.41, 5.74) is 0.670. The molecule has 0 aromatic carbocycles. The topological polar surface area (TPSA) is 57.2 Å². The Kier molecular flexibility index (Phi) is 15.9. The Morgan fingerprint density at radius 1 is 1.36 bits per heavy atom. The molecule has 0 rings (SSSR count). The molecule has 1 unspecified atom stereocenters. The van der Waals surface area contributed by atoms with Crippen molar-refractivity contribution in [3.05, 3.63) is 48.3 Å². The number of carbonyl (C=O) groups is 1. The van der Waals surface area contributed by atoms with Crippen LogP contribution in [0.2, 0.25) is 0 Å². The number of nitrogens with one attached hydrogen (secondary N) is 1. The third kappa shape index (κ3) is 13.2. The minimum Gasteiger partial charge on any atom is -0.387 e. The van der Waals surface area contributed by atoms with Gasteiger partial charge in [-0.15, -0.1) is 0 Å². The molecule has 28 heavy (non-hydrogen) atoms. The highest BCUT2D eigenvalue weighted by atomic mass is 32.2. The quantitative estimate of drug-likeness (QED) is 0.182. The maximum atomic E-state index is 12.8. The lowest BCUT2D eigenvalue weighted by atomic mass is 10.1. The van der Waals surface area contributed by atoms with E-state index in [2.05, 4.69) is 37.5 Å². The number of aliphatic imine (C=N–C) groups is 1. The summed E-state index contributed by atoms with van der Waals surface area (Å²) in [6.45, 7) is 13.6. The van der Waals surface area contributed by atoms with E-state index >= 15 is 0 Å². The van der Waals surface area contributed by atoms with Gasteiger partial charge in [-0.3, -0.25) is 9.79 Å². The summed E-state index contributed by atoms with van der Waals surface area (Å²) >= 11 is 1.43. The zero-order valence-electron chi connectivity index (χ0n) is 17.8. The number of allylic oxidation sites excluding steroid dienone is 2. The van der Waals surface area contributed by atoms with Crippen molar-refractivity contribution in [2.24, 2.45) is 10.9 Å². The summed E-state index contributed by atoms with van der Waals surface area (Å²) in [5.74, 6) is 0.357. The summed E-state index contributed by atoms with van der Waals surface area (Å²) < 4.78 is 7.35. The molecule has 0 spiro atoms. The summed E-state index contributed by atoms with van der Waals surface area (Å²) in [5, 5.41) is 4.93. The first-order chi connectivity index (χ1) is 13.5. The van der Waals surface area contributed by atoms with Gasteiger partial charge in [0.2, 0.25) is 0 Å². The van der Waals surface area contributed by atoms with Crippen molar-refractivity contribution in [3.8, 4) is 0 Å². The molecule has 7 heteroatoms. The lowest BCUT2D eigenvalue weighted by Gasteiger charge is -2.21. The van der Waals surface area contributed by atoms with Gasteiger partial charge in [-0.05, 0) is 49.0 Å². The van der Waals surface area contributed by atoms with Crippen molar-refractivity contribution in [2.75, 3.05) is 40.4 Å². The van der Waals surface area contributed by atoms with Crippen molar-refractivity contribution < 1.29 is 9.53 Å². The number of likely N-dealkylation sites (N-methyl/N-ethyl adjacent to an activating group) is 1. The van der Waals surface area contributed by atoms with E-state index in [9.17, 15) is 4.79 Å². The molecular weight excluding hydrogens is 372 g/mol. The van der Waals surface area contributed by atoms with Crippen LogP contribution in [-0.2, 0) is 9.53 Å². The third-order valence-corrected chi connectivity index (χ3v) is 4.26. The first-order valence-corrected chi connectivity index (χ1v) is 10.3. The molecule has 0 aromatic rings. The predicted molar refractivity (Wildman–Crippen MR) is 122 cm³/mol. The minimum atomic E-state index is -0.0223. The van der Waals surface area contributed by atoms with E-state index in [4.69, 9.17) is 4.74 Å². The molecule has 6 nitrogen and oxygen atoms in total. The van der Waals surface area contributed by atoms with Gasteiger partial charge < -0.3 is 19.3 Å². The molecule has 0 radical (unpaired) electrons. The van der Waals surface area contributed by atoms with Crippen LogP contribution in [0.1, 0.15) is 26.7 Å². The Balaban J connectivity index is 4.75. The second-order valence-corrected chi connectivity index (χ2v) is 7.45. The van der Waals surface area contributed by atoms with Crippen LogP contribution in [0.4, 0.5) is 0 Å². The number of rotatable bonds is 16. The standard InChI is InChI=1S/C21H36N4O2S/c1-7-15-27-16-14-24(5)21(26)20(18-25(6)28-8-2)17-23-12-9-10-19(3)11-13-22-4/h8-9,11-13,18-19,23H,2,4,7,10,14-17H2,1,3,5-6H3/b12-9+,13-11+,20-18-. The molecule has 0 aromatic heterocycles. The molecule has 0 aliphatic carbocycles. The van der Waals surface area contributed by atoms with E-state index in [1.807, 2.05) is 35.9 Å². The van der Waals surface area contributed by atoms with Gasteiger partial charge >= 0.3 is 0 Å². The van der Waals surface area contributed by atoms with E-state index in [0.717, 1.165) is 12.8 Å². The number of nitrogens with zero attached hydrogens (tertiary/aromatic N) is 3. The fourth-order valence-electron chi connectivity index (χ4n) is 2.16. The molecule has 0 bridgehead atoms. The SMILES string of the molecule is C=CSN(C)/C=C(/CN/C=C/CC(C)/C=C/N=C)C(=O)N(C)CCOCCC. The molecule has 0 aliphatic rings.